The van der Waals surface area contributed by atoms with E-state index in [0.29, 0.717) is 17.8 Å². The zero-order chi connectivity index (χ0) is 19.0. The zero-order valence-electron chi connectivity index (χ0n) is 15.7. The van der Waals surface area contributed by atoms with Crippen LogP contribution in [0.1, 0.15) is 12.0 Å². The second-order valence-electron chi connectivity index (χ2n) is 7.10. The van der Waals surface area contributed by atoms with Crippen LogP contribution in [0.4, 0.5) is 0 Å². The van der Waals surface area contributed by atoms with Gasteiger partial charge in [0.05, 0.1) is 32.5 Å². The van der Waals surface area contributed by atoms with E-state index < -0.39 is 0 Å². The fraction of sp³-hybridized carbons (Fsp3) is 0.350. The summed E-state index contributed by atoms with van der Waals surface area (Å²) in [6.07, 6.45) is 7.21. The number of amides is 1. The fourth-order valence-electron chi connectivity index (χ4n) is 2.88. The monoisotopic (exact) mass is 355 g/mol. The smallest absolute Gasteiger partial charge is 0.251 e. The number of likely N-dealkylation sites (N-methyl/N-ethyl adjacent to an activating group) is 1. The molecule has 1 heterocycles. The van der Waals surface area contributed by atoms with Crippen molar-refractivity contribution >= 4 is 5.91 Å². The molecule has 0 unspecified atom stereocenters. The Morgan fingerprint density at radius 3 is 2.69 bits per heavy atom. The fourth-order valence-corrected chi connectivity index (χ4v) is 2.88. The molecule has 1 amide bonds. The number of nitroso groups, excluding NO2 is 1. The van der Waals surface area contributed by atoms with Crippen molar-refractivity contribution in [2.45, 2.75) is 13.0 Å². The summed E-state index contributed by atoms with van der Waals surface area (Å²) < 4.78 is 0.866. The van der Waals surface area contributed by atoms with Gasteiger partial charge in [-0.05, 0) is 17.3 Å². The van der Waals surface area contributed by atoms with E-state index in [2.05, 4.69) is 48.9 Å². The van der Waals surface area contributed by atoms with E-state index in [1.807, 2.05) is 6.07 Å². The van der Waals surface area contributed by atoms with Gasteiger partial charge in [0.1, 0.15) is 6.54 Å². The van der Waals surface area contributed by atoms with Crippen molar-refractivity contribution in [3.8, 4) is 0 Å². The van der Waals surface area contributed by atoms with E-state index in [0.717, 1.165) is 24.0 Å². The lowest BCUT2D eigenvalue weighted by Crippen LogP contribution is -2.41. The molecule has 2 rings (SSSR count). The minimum absolute atomic E-state index is 0.139. The predicted molar refractivity (Wildman–Crippen MR) is 104 cm³/mol. The van der Waals surface area contributed by atoms with Gasteiger partial charge in [0.15, 0.2) is 0 Å². The van der Waals surface area contributed by atoms with E-state index in [9.17, 15) is 9.70 Å². The molecule has 0 aliphatic carbocycles. The first kappa shape index (κ1) is 19.6. The quantitative estimate of drug-likeness (QED) is 0.443. The summed E-state index contributed by atoms with van der Waals surface area (Å²) in [5.74, 6) is -0.139. The summed E-state index contributed by atoms with van der Waals surface area (Å²) in [5, 5.41) is 5.72. The molecule has 0 saturated heterocycles. The van der Waals surface area contributed by atoms with Gasteiger partial charge in [0, 0.05) is 37.3 Å². The third-order valence-corrected chi connectivity index (χ3v) is 4.31. The normalized spacial score (nSPS) is 15.7. The maximum atomic E-state index is 12.3. The molecule has 0 saturated carbocycles. The zero-order valence-corrected chi connectivity index (χ0v) is 15.7. The van der Waals surface area contributed by atoms with Crippen molar-refractivity contribution in [1.82, 2.24) is 10.2 Å². The van der Waals surface area contributed by atoms with Gasteiger partial charge in [-0.1, -0.05) is 30.3 Å². The van der Waals surface area contributed by atoms with Crippen molar-refractivity contribution < 1.29 is 9.28 Å². The molecule has 1 aromatic carbocycles. The van der Waals surface area contributed by atoms with Crippen LogP contribution in [0.2, 0.25) is 0 Å². The summed E-state index contributed by atoms with van der Waals surface area (Å²) in [6.45, 7) is 2.54. The molecule has 1 aliphatic rings. The van der Waals surface area contributed by atoms with Gasteiger partial charge in [-0.15, -0.1) is 4.91 Å². The van der Waals surface area contributed by atoms with Gasteiger partial charge >= 0.3 is 0 Å². The number of benzene rings is 1. The van der Waals surface area contributed by atoms with Gasteiger partial charge in [0.2, 0.25) is 0 Å². The van der Waals surface area contributed by atoms with Crippen LogP contribution in [-0.4, -0.2) is 49.5 Å². The highest BCUT2D eigenvalue weighted by Crippen LogP contribution is 2.15. The molecule has 6 nitrogen and oxygen atoms in total. The predicted octanol–water partition coefficient (Wildman–Crippen LogP) is 2.76. The average Bonchev–Trinajstić information content (AvgIpc) is 2.61. The molecule has 1 aromatic rings. The first-order valence-electron chi connectivity index (χ1n) is 8.71. The van der Waals surface area contributed by atoms with Gasteiger partial charge in [0.25, 0.3) is 5.91 Å². The first-order chi connectivity index (χ1) is 12.4. The van der Waals surface area contributed by atoms with Gasteiger partial charge in [-0.2, -0.15) is 0 Å². The highest BCUT2D eigenvalue weighted by Gasteiger charge is 2.16. The number of carbonyl (C=O) groups excluding carboxylic acids is 1. The van der Waals surface area contributed by atoms with Crippen LogP contribution in [0, 0.1) is 4.91 Å². The van der Waals surface area contributed by atoms with E-state index in [-0.39, 0.29) is 5.91 Å². The number of hydrogen-bond donors (Lipinski definition) is 1. The summed E-state index contributed by atoms with van der Waals surface area (Å²) in [7, 11) is 6.19. The maximum Gasteiger partial charge on any atom is 0.251 e. The first-order valence-corrected chi connectivity index (χ1v) is 8.71. The third kappa shape index (κ3) is 5.97. The van der Waals surface area contributed by atoms with E-state index in [4.69, 9.17) is 0 Å². The SMILES string of the molecule is CN1C=CC(C(=O)NCCC[N+](C)(C)Cc2ccccc2)=C/C1=C/N=O. The molecule has 1 aliphatic heterocycles. The molecule has 0 spiro atoms. The topological polar surface area (TPSA) is 61.8 Å². The largest absolute Gasteiger partial charge is 0.352 e. The van der Waals surface area contributed by atoms with Crippen molar-refractivity contribution in [2.24, 2.45) is 5.18 Å². The Labute approximate surface area is 155 Å². The summed E-state index contributed by atoms with van der Waals surface area (Å²) >= 11 is 0. The van der Waals surface area contributed by atoms with Crippen LogP contribution < -0.4 is 5.32 Å². The van der Waals surface area contributed by atoms with Crippen molar-refractivity contribution in [3.63, 3.8) is 0 Å². The third-order valence-electron chi connectivity index (χ3n) is 4.31. The molecule has 0 bridgehead atoms. The number of nitrogens with zero attached hydrogens (tertiary/aromatic N) is 3. The van der Waals surface area contributed by atoms with E-state index >= 15 is 0 Å². The molecular formula is C20H27N4O2+. The maximum absolute atomic E-state index is 12.3. The van der Waals surface area contributed by atoms with Crippen LogP contribution in [0.15, 0.2) is 71.3 Å². The van der Waals surface area contributed by atoms with Crippen LogP contribution in [0.5, 0.6) is 0 Å². The highest BCUT2D eigenvalue weighted by molar-refractivity contribution is 5.96. The standard InChI is InChI=1S/C20H26N4O2/c1-23-12-10-18(14-19(23)15-22-26)20(25)21-11-7-13-24(2,3)16-17-8-5-4-6-9-17/h4-6,8-10,12,14-15H,7,11,13,16H2,1-3H3/p+1/b19-15-. The Balaban J connectivity index is 1.79. The van der Waals surface area contributed by atoms with Crippen molar-refractivity contribution in [1.29, 1.82) is 0 Å². The number of nitrogens with one attached hydrogen (secondary N) is 1. The molecule has 0 atom stereocenters. The molecule has 1 N–H and O–H groups in total. The lowest BCUT2D eigenvalue weighted by molar-refractivity contribution is -0.903. The van der Waals surface area contributed by atoms with Gasteiger partial charge in [-0.25, -0.2) is 0 Å². The molecule has 0 fully saturated rings. The second kappa shape index (κ2) is 9.10. The number of carbonyl (C=O) groups is 1. The van der Waals surface area contributed by atoms with Gasteiger partial charge < -0.3 is 14.7 Å². The minimum Gasteiger partial charge on any atom is -0.352 e. The van der Waals surface area contributed by atoms with Gasteiger partial charge in [-0.3, -0.25) is 4.79 Å². The Morgan fingerprint density at radius 2 is 2.00 bits per heavy atom. The molecule has 0 radical (unpaired) electrons. The number of rotatable bonds is 8. The molecule has 6 heteroatoms. The average molecular weight is 355 g/mol. The Kier molecular flexibility index (Phi) is 6.86. The van der Waals surface area contributed by atoms with Crippen molar-refractivity contribution in [2.75, 3.05) is 34.2 Å². The number of quaternary nitrogens is 1. The summed E-state index contributed by atoms with van der Waals surface area (Å²) in [5.41, 5.74) is 2.43. The summed E-state index contributed by atoms with van der Waals surface area (Å²) in [4.78, 5) is 24.4. The Morgan fingerprint density at radius 1 is 1.27 bits per heavy atom. The number of allylic oxidation sites excluding steroid dienone is 1. The van der Waals surface area contributed by atoms with Crippen LogP contribution >= 0.6 is 0 Å². The lowest BCUT2D eigenvalue weighted by Gasteiger charge is -2.30. The molecule has 138 valence electrons. The van der Waals surface area contributed by atoms with E-state index in [1.165, 1.54) is 11.8 Å². The Bertz CT molecular complexity index is 721. The Hall–Kier alpha value is -2.73. The van der Waals surface area contributed by atoms with Crippen LogP contribution in [0.25, 0.3) is 0 Å². The summed E-state index contributed by atoms with van der Waals surface area (Å²) in [6, 6.07) is 10.4. The molecular weight excluding hydrogens is 328 g/mol. The molecule has 0 aromatic heterocycles. The highest BCUT2D eigenvalue weighted by atomic mass is 16.2. The second-order valence-corrected chi connectivity index (χ2v) is 7.10. The number of hydrogen-bond acceptors (Lipinski definition) is 4. The van der Waals surface area contributed by atoms with Crippen LogP contribution in [-0.2, 0) is 11.3 Å². The lowest BCUT2D eigenvalue weighted by atomic mass is 10.1. The molecule has 26 heavy (non-hydrogen) atoms. The van der Waals surface area contributed by atoms with Crippen molar-refractivity contribution in [3.05, 3.63) is 76.6 Å². The van der Waals surface area contributed by atoms with Crippen LogP contribution in [0.3, 0.4) is 0 Å². The minimum atomic E-state index is -0.139. The van der Waals surface area contributed by atoms with E-state index in [1.54, 1.807) is 30.3 Å².